The molecule has 0 spiro atoms. The Bertz CT molecular complexity index is 96.2. The van der Waals surface area contributed by atoms with Crippen molar-refractivity contribution in [2.75, 3.05) is 13.1 Å². The van der Waals surface area contributed by atoms with E-state index in [0.29, 0.717) is 0 Å². The maximum atomic E-state index is 5.96. The first-order valence-corrected chi connectivity index (χ1v) is 4.55. The Kier molecular flexibility index (Phi) is 4.17. The SMILES string of the molecule is CC(C)(Cl)CNCC(C)(C)Cl. The van der Waals surface area contributed by atoms with Crippen LogP contribution in [0.2, 0.25) is 0 Å². The van der Waals surface area contributed by atoms with E-state index in [2.05, 4.69) is 5.32 Å². The van der Waals surface area contributed by atoms with Crippen LogP contribution in [0.25, 0.3) is 0 Å². The molecule has 0 atom stereocenters. The summed E-state index contributed by atoms with van der Waals surface area (Å²) < 4.78 is 0. The molecule has 0 aromatic rings. The first-order chi connectivity index (χ1) is 4.71. The standard InChI is InChI=1S/C8H17Cl2N/c1-7(2,9)5-11-6-8(3,4)10/h11H,5-6H2,1-4H3. The number of hydrogen-bond acceptors (Lipinski definition) is 1. The van der Waals surface area contributed by atoms with Gasteiger partial charge in [-0.05, 0) is 27.7 Å². The van der Waals surface area contributed by atoms with Gasteiger partial charge in [0.15, 0.2) is 0 Å². The molecule has 0 aliphatic rings. The summed E-state index contributed by atoms with van der Waals surface area (Å²) in [7, 11) is 0. The summed E-state index contributed by atoms with van der Waals surface area (Å²) in [5.74, 6) is 0. The van der Waals surface area contributed by atoms with Crippen LogP contribution in [0.3, 0.4) is 0 Å². The van der Waals surface area contributed by atoms with Crippen molar-refractivity contribution in [1.82, 2.24) is 5.32 Å². The number of rotatable bonds is 4. The third kappa shape index (κ3) is 10.5. The van der Waals surface area contributed by atoms with E-state index in [1.807, 2.05) is 27.7 Å². The van der Waals surface area contributed by atoms with Crippen molar-refractivity contribution < 1.29 is 0 Å². The number of nitrogens with one attached hydrogen (secondary N) is 1. The van der Waals surface area contributed by atoms with Gasteiger partial charge in [-0.3, -0.25) is 0 Å². The molecule has 0 aliphatic heterocycles. The van der Waals surface area contributed by atoms with Gasteiger partial charge in [-0.1, -0.05) is 0 Å². The van der Waals surface area contributed by atoms with Crippen LogP contribution >= 0.6 is 23.2 Å². The fourth-order valence-corrected chi connectivity index (χ4v) is 0.846. The summed E-state index contributed by atoms with van der Waals surface area (Å²) in [5, 5.41) is 3.20. The van der Waals surface area contributed by atoms with Gasteiger partial charge in [-0.15, -0.1) is 23.2 Å². The van der Waals surface area contributed by atoms with E-state index in [1.54, 1.807) is 0 Å². The van der Waals surface area contributed by atoms with Gasteiger partial charge in [0.05, 0.1) is 9.75 Å². The average molecular weight is 198 g/mol. The normalized spacial score (nSPS) is 13.6. The van der Waals surface area contributed by atoms with Crippen molar-refractivity contribution in [3.63, 3.8) is 0 Å². The molecule has 0 amide bonds. The molecular weight excluding hydrogens is 181 g/mol. The van der Waals surface area contributed by atoms with E-state index in [1.165, 1.54) is 0 Å². The van der Waals surface area contributed by atoms with Gasteiger partial charge in [0.2, 0.25) is 0 Å². The van der Waals surface area contributed by atoms with Crippen LogP contribution in [0.15, 0.2) is 0 Å². The van der Waals surface area contributed by atoms with Gasteiger partial charge in [-0.2, -0.15) is 0 Å². The lowest BCUT2D eigenvalue weighted by Gasteiger charge is -2.21. The fraction of sp³-hybridized carbons (Fsp3) is 1.00. The molecule has 0 bridgehead atoms. The van der Waals surface area contributed by atoms with Crippen molar-refractivity contribution in [3.05, 3.63) is 0 Å². The molecule has 0 fully saturated rings. The largest absolute Gasteiger partial charge is 0.313 e. The Morgan fingerprint density at radius 2 is 1.18 bits per heavy atom. The topological polar surface area (TPSA) is 12.0 Å². The predicted molar refractivity (Wildman–Crippen MR) is 52.7 cm³/mol. The molecule has 0 heterocycles. The zero-order valence-electron chi connectivity index (χ0n) is 7.67. The lowest BCUT2D eigenvalue weighted by atomic mass is 10.2. The third-order valence-electron chi connectivity index (χ3n) is 1.09. The van der Waals surface area contributed by atoms with Crippen LogP contribution in [0.1, 0.15) is 27.7 Å². The second-order valence-corrected chi connectivity index (χ2v) is 6.09. The molecule has 11 heavy (non-hydrogen) atoms. The number of alkyl halides is 2. The Labute approximate surface area is 79.5 Å². The van der Waals surface area contributed by atoms with E-state index in [0.717, 1.165) is 13.1 Å². The molecule has 0 unspecified atom stereocenters. The highest BCUT2D eigenvalue weighted by atomic mass is 35.5. The summed E-state index contributed by atoms with van der Waals surface area (Å²) >= 11 is 11.9. The van der Waals surface area contributed by atoms with E-state index >= 15 is 0 Å². The Morgan fingerprint density at radius 1 is 0.909 bits per heavy atom. The first-order valence-electron chi connectivity index (χ1n) is 3.79. The summed E-state index contributed by atoms with van der Waals surface area (Å²) in [6, 6.07) is 0. The third-order valence-corrected chi connectivity index (χ3v) is 1.36. The zero-order valence-corrected chi connectivity index (χ0v) is 9.18. The molecule has 0 aromatic carbocycles. The lowest BCUT2D eigenvalue weighted by molar-refractivity contribution is 0.533. The number of hydrogen-bond donors (Lipinski definition) is 1. The Balaban J connectivity index is 3.44. The molecule has 1 N–H and O–H groups in total. The lowest BCUT2D eigenvalue weighted by Crippen LogP contribution is -2.37. The summed E-state index contributed by atoms with van der Waals surface area (Å²) in [4.78, 5) is -0.357. The zero-order chi connectivity index (χ0) is 9.12. The van der Waals surface area contributed by atoms with Crippen molar-refractivity contribution in [2.24, 2.45) is 0 Å². The Hall–Kier alpha value is 0.540. The van der Waals surface area contributed by atoms with Gasteiger partial charge in [-0.25, -0.2) is 0 Å². The van der Waals surface area contributed by atoms with Gasteiger partial charge >= 0.3 is 0 Å². The van der Waals surface area contributed by atoms with Gasteiger partial charge < -0.3 is 5.32 Å². The van der Waals surface area contributed by atoms with Gasteiger partial charge in [0.25, 0.3) is 0 Å². The molecule has 0 aliphatic carbocycles. The number of halogens is 2. The van der Waals surface area contributed by atoms with Crippen molar-refractivity contribution >= 4 is 23.2 Å². The highest BCUT2D eigenvalue weighted by Crippen LogP contribution is 2.13. The first kappa shape index (κ1) is 11.5. The maximum absolute atomic E-state index is 5.96. The molecule has 0 rings (SSSR count). The highest BCUT2D eigenvalue weighted by Gasteiger charge is 2.16. The van der Waals surface area contributed by atoms with Crippen LogP contribution in [-0.4, -0.2) is 22.8 Å². The van der Waals surface area contributed by atoms with Crippen molar-refractivity contribution in [1.29, 1.82) is 0 Å². The van der Waals surface area contributed by atoms with E-state index in [9.17, 15) is 0 Å². The van der Waals surface area contributed by atoms with Crippen LogP contribution in [-0.2, 0) is 0 Å². The molecule has 1 nitrogen and oxygen atoms in total. The minimum absolute atomic E-state index is 0.178. The fourth-order valence-electron chi connectivity index (χ4n) is 0.657. The average Bonchev–Trinajstić information content (AvgIpc) is 1.55. The van der Waals surface area contributed by atoms with Crippen LogP contribution in [0.5, 0.6) is 0 Å². The minimum atomic E-state index is -0.178. The Morgan fingerprint density at radius 3 is 1.36 bits per heavy atom. The second kappa shape index (κ2) is 3.97. The molecule has 0 aromatic heterocycles. The van der Waals surface area contributed by atoms with Crippen LogP contribution < -0.4 is 5.32 Å². The molecule has 3 heteroatoms. The van der Waals surface area contributed by atoms with Crippen molar-refractivity contribution in [2.45, 2.75) is 37.4 Å². The van der Waals surface area contributed by atoms with Gasteiger partial charge in [0.1, 0.15) is 0 Å². The molecule has 0 radical (unpaired) electrons. The van der Waals surface area contributed by atoms with E-state index < -0.39 is 0 Å². The molecule has 68 valence electrons. The highest BCUT2D eigenvalue weighted by molar-refractivity contribution is 6.24. The molecular formula is C8H17Cl2N. The summed E-state index contributed by atoms with van der Waals surface area (Å²) in [6.45, 7) is 9.46. The van der Waals surface area contributed by atoms with E-state index in [4.69, 9.17) is 23.2 Å². The minimum Gasteiger partial charge on any atom is -0.313 e. The predicted octanol–water partition coefficient (Wildman–Crippen LogP) is 2.61. The van der Waals surface area contributed by atoms with Crippen LogP contribution in [0, 0.1) is 0 Å². The maximum Gasteiger partial charge on any atom is 0.0514 e. The van der Waals surface area contributed by atoms with Gasteiger partial charge in [0, 0.05) is 13.1 Å². The smallest absolute Gasteiger partial charge is 0.0514 e. The van der Waals surface area contributed by atoms with Crippen LogP contribution in [0.4, 0.5) is 0 Å². The summed E-state index contributed by atoms with van der Waals surface area (Å²) in [6.07, 6.45) is 0. The molecule has 0 saturated heterocycles. The second-order valence-electron chi connectivity index (χ2n) is 4.04. The molecule has 0 saturated carbocycles. The van der Waals surface area contributed by atoms with E-state index in [-0.39, 0.29) is 9.75 Å². The monoisotopic (exact) mass is 197 g/mol. The summed E-state index contributed by atoms with van der Waals surface area (Å²) in [5.41, 5.74) is 0. The quantitative estimate of drug-likeness (QED) is 0.684. The van der Waals surface area contributed by atoms with Crippen molar-refractivity contribution in [3.8, 4) is 0 Å².